The summed E-state index contributed by atoms with van der Waals surface area (Å²) >= 11 is 0. The lowest BCUT2D eigenvalue weighted by Gasteiger charge is -2.12. The standard InChI is InChI=1S/C11H14FNO3S/c1-17(15,16)10-8(14)3-2-7(9(10)12)6-11(13)4-5-11/h2-3,14H,4-6,13H2,1H3. The van der Waals surface area contributed by atoms with Gasteiger partial charge in [0, 0.05) is 11.8 Å². The van der Waals surface area contributed by atoms with Gasteiger partial charge in [0.2, 0.25) is 0 Å². The zero-order valence-corrected chi connectivity index (χ0v) is 10.2. The van der Waals surface area contributed by atoms with E-state index in [0.717, 1.165) is 19.1 Å². The molecule has 1 aromatic carbocycles. The van der Waals surface area contributed by atoms with Gasteiger partial charge in [-0.1, -0.05) is 6.07 Å². The predicted octanol–water partition coefficient (Wildman–Crippen LogP) is 0.969. The van der Waals surface area contributed by atoms with Crippen molar-refractivity contribution >= 4 is 9.84 Å². The first-order chi connectivity index (χ1) is 7.73. The molecule has 0 unspecified atom stereocenters. The number of benzene rings is 1. The van der Waals surface area contributed by atoms with Crippen molar-refractivity contribution in [3.8, 4) is 5.75 Å². The van der Waals surface area contributed by atoms with Gasteiger partial charge in [-0.05, 0) is 30.9 Å². The molecule has 0 saturated heterocycles. The fourth-order valence-electron chi connectivity index (χ4n) is 1.79. The number of nitrogens with two attached hydrogens (primary N) is 1. The van der Waals surface area contributed by atoms with E-state index in [2.05, 4.69) is 0 Å². The molecule has 1 saturated carbocycles. The largest absolute Gasteiger partial charge is 0.506 e. The maximum atomic E-state index is 14.0. The molecular weight excluding hydrogens is 245 g/mol. The summed E-state index contributed by atoms with van der Waals surface area (Å²) < 4.78 is 36.7. The Kier molecular flexibility index (Phi) is 2.67. The Balaban J connectivity index is 2.50. The Morgan fingerprint density at radius 2 is 2.06 bits per heavy atom. The van der Waals surface area contributed by atoms with Gasteiger partial charge in [0.15, 0.2) is 9.84 Å². The zero-order valence-electron chi connectivity index (χ0n) is 9.40. The fraction of sp³-hybridized carbons (Fsp3) is 0.455. The Morgan fingerprint density at radius 3 is 2.53 bits per heavy atom. The highest BCUT2D eigenvalue weighted by atomic mass is 32.2. The van der Waals surface area contributed by atoms with Gasteiger partial charge < -0.3 is 10.8 Å². The topological polar surface area (TPSA) is 80.4 Å². The number of sulfone groups is 1. The van der Waals surface area contributed by atoms with Crippen molar-refractivity contribution in [1.29, 1.82) is 0 Å². The van der Waals surface area contributed by atoms with Gasteiger partial charge in [-0.25, -0.2) is 12.8 Å². The van der Waals surface area contributed by atoms with Crippen molar-refractivity contribution in [2.45, 2.75) is 29.7 Å². The van der Waals surface area contributed by atoms with E-state index >= 15 is 0 Å². The average Bonchev–Trinajstić information content (AvgIpc) is 2.87. The summed E-state index contributed by atoms with van der Waals surface area (Å²) in [4.78, 5) is -0.640. The van der Waals surface area contributed by atoms with E-state index in [1.165, 1.54) is 12.1 Å². The highest BCUT2D eigenvalue weighted by Gasteiger charge is 2.39. The lowest BCUT2D eigenvalue weighted by molar-refractivity contribution is 0.441. The molecular formula is C11H14FNO3S. The molecule has 6 heteroatoms. The van der Waals surface area contributed by atoms with Crippen molar-refractivity contribution in [2.24, 2.45) is 5.73 Å². The summed E-state index contributed by atoms with van der Waals surface area (Å²) in [6.07, 6.45) is 2.77. The number of halogens is 1. The van der Waals surface area contributed by atoms with Crippen LogP contribution in [0.25, 0.3) is 0 Å². The smallest absolute Gasteiger partial charge is 0.182 e. The molecule has 0 amide bonds. The van der Waals surface area contributed by atoms with Gasteiger partial charge >= 0.3 is 0 Å². The molecule has 1 fully saturated rings. The minimum atomic E-state index is -3.79. The van der Waals surface area contributed by atoms with Crippen LogP contribution in [-0.2, 0) is 16.3 Å². The van der Waals surface area contributed by atoms with E-state index < -0.39 is 31.8 Å². The second kappa shape index (κ2) is 3.68. The summed E-state index contributed by atoms with van der Waals surface area (Å²) in [6.45, 7) is 0. The summed E-state index contributed by atoms with van der Waals surface area (Å²) in [7, 11) is -3.79. The molecule has 0 radical (unpaired) electrons. The van der Waals surface area contributed by atoms with Crippen LogP contribution in [0.3, 0.4) is 0 Å². The van der Waals surface area contributed by atoms with Gasteiger partial charge in [0.1, 0.15) is 16.5 Å². The quantitative estimate of drug-likeness (QED) is 0.847. The SMILES string of the molecule is CS(=O)(=O)c1c(O)ccc(CC2(N)CC2)c1F. The zero-order chi connectivity index (χ0) is 12.8. The van der Waals surface area contributed by atoms with Crippen LogP contribution in [0.5, 0.6) is 5.75 Å². The lowest BCUT2D eigenvalue weighted by Crippen LogP contribution is -2.25. The van der Waals surface area contributed by atoms with Gasteiger partial charge in [-0.3, -0.25) is 0 Å². The number of aromatic hydroxyl groups is 1. The third-order valence-electron chi connectivity index (χ3n) is 2.96. The lowest BCUT2D eigenvalue weighted by atomic mass is 10.0. The predicted molar refractivity (Wildman–Crippen MR) is 61.0 cm³/mol. The summed E-state index contributed by atoms with van der Waals surface area (Å²) in [5.74, 6) is -1.44. The van der Waals surface area contributed by atoms with Crippen molar-refractivity contribution in [2.75, 3.05) is 6.26 Å². The van der Waals surface area contributed by atoms with Crippen LogP contribution in [0.15, 0.2) is 17.0 Å². The highest BCUT2D eigenvalue weighted by molar-refractivity contribution is 7.90. The van der Waals surface area contributed by atoms with Crippen LogP contribution in [0.1, 0.15) is 18.4 Å². The van der Waals surface area contributed by atoms with Gasteiger partial charge in [-0.15, -0.1) is 0 Å². The molecule has 0 heterocycles. The average molecular weight is 259 g/mol. The van der Waals surface area contributed by atoms with Crippen LogP contribution >= 0.6 is 0 Å². The Morgan fingerprint density at radius 1 is 1.47 bits per heavy atom. The third kappa shape index (κ3) is 2.42. The van der Waals surface area contributed by atoms with E-state index in [9.17, 15) is 17.9 Å². The van der Waals surface area contributed by atoms with Crippen LogP contribution in [0, 0.1) is 5.82 Å². The molecule has 1 aliphatic rings. The molecule has 1 aromatic rings. The maximum Gasteiger partial charge on any atom is 0.182 e. The van der Waals surface area contributed by atoms with Crippen molar-refractivity contribution in [3.63, 3.8) is 0 Å². The monoisotopic (exact) mass is 259 g/mol. The molecule has 0 spiro atoms. The van der Waals surface area contributed by atoms with Crippen molar-refractivity contribution in [3.05, 3.63) is 23.5 Å². The third-order valence-corrected chi connectivity index (χ3v) is 4.09. The molecule has 94 valence electrons. The summed E-state index contributed by atoms with van der Waals surface area (Å²) in [5, 5.41) is 9.41. The van der Waals surface area contributed by atoms with E-state index in [4.69, 9.17) is 5.73 Å². The first kappa shape index (κ1) is 12.3. The van der Waals surface area contributed by atoms with E-state index in [0.29, 0.717) is 6.42 Å². The van der Waals surface area contributed by atoms with E-state index in [1.807, 2.05) is 0 Å². The molecule has 17 heavy (non-hydrogen) atoms. The first-order valence-electron chi connectivity index (χ1n) is 5.22. The van der Waals surface area contributed by atoms with Gasteiger partial charge in [-0.2, -0.15) is 0 Å². The fourth-order valence-corrected chi connectivity index (χ4v) is 2.70. The van der Waals surface area contributed by atoms with Crippen molar-refractivity contribution in [1.82, 2.24) is 0 Å². The molecule has 1 aliphatic carbocycles. The highest BCUT2D eigenvalue weighted by Crippen LogP contribution is 2.38. The number of rotatable bonds is 3. The molecule has 0 aliphatic heterocycles. The minimum absolute atomic E-state index is 0.239. The molecule has 0 aromatic heterocycles. The first-order valence-corrected chi connectivity index (χ1v) is 7.11. The molecule has 0 bridgehead atoms. The number of hydrogen-bond donors (Lipinski definition) is 2. The maximum absolute atomic E-state index is 14.0. The number of phenolic OH excluding ortho intramolecular Hbond substituents is 1. The molecule has 0 atom stereocenters. The van der Waals surface area contributed by atoms with Crippen molar-refractivity contribution < 1.29 is 17.9 Å². The Hall–Kier alpha value is -1.14. The second-order valence-corrected chi connectivity index (χ2v) is 6.65. The minimum Gasteiger partial charge on any atom is -0.506 e. The summed E-state index contributed by atoms with van der Waals surface area (Å²) in [6, 6.07) is 2.58. The Labute approximate surface area is 99.2 Å². The van der Waals surface area contributed by atoms with Crippen LogP contribution < -0.4 is 5.73 Å². The van der Waals surface area contributed by atoms with E-state index in [-0.39, 0.29) is 5.56 Å². The number of phenols is 1. The van der Waals surface area contributed by atoms with E-state index in [1.54, 1.807) is 0 Å². The van der Waals surface area contributed by atoms with Gasteiger partial charge in [0.25, 0.3) is 0 Å². The number of hydrogen-bond acceptors (Lipinski definition) is 4. The molecule has 3 N–H and O–H groups in total. The van der Waals surface area contributed by atoms with Crippen LogP contribution in [0.4, 0.5) is 4.39 Å². The normalized spacial score (nSPS) is 18.1. The van der Waals surface area contributed by atoms with Crippen LogP contribution in [-0.4, -0.2) is 25.3 Å². The van der Waals surface area contributed by atoms with Gasteiger partial charge in [0.05, 0.1) is 0 Å². The summed E-state index contributed by atoms with van der Waals surface area (Å²) in [5.41, 5.74) is 5.70. The van der Waals surface area contributed by atoms with Crippen LogP contribution in [0.2, 0.25) is 0 Å². The second-order valence-electron chi connectivity index (χ2n) is 4.70. The molecule has 4 nitrogen and oxygen atoms in total. The molecule has 2 rings (SSSR count). The Bertz CT molecular complexity index is 564.